The first-order chi connectivity index (χ1) is 13.6. The van der Waals surface area contributed by atoms with Crippen LogP contribution in [0.1, 0.15) is 4.88 Å². The molecule has 0 aliphatic heterocycles. The van der Waals surface area contributed by atoms with Crippen molar-refractivity contribution in [3.8, 4) is 11.5 Å². The number of carbonyl (C=O) groups is 1. The average molecular weight is 439 g/mol. The van der Waals surface area contributed by atoms with Crippen LogP contribution in [0.3, 0.4) is 0 Å². The Bertz CT molecular complexity index is 931. The fourth-order valence-electron chi connectivity index (χ4n) is 2.47. The topological polar surface area (TPSA) is 78.3 Å². The molecular weight excluding hydrogens is 420 g/mol. The molecular formula is C18H19ClN4O3S2. The zero-order valence-corrected chi connectivity index (χ0v) is 17.7. The molecule has 3 rings (SSSR count). The van der Waals surface area contributed by atoms with Gasteiger partial charge in [0.1, 0.15) is 17.8 Å². The van der Waals surface area contributed by atoms with Crippen LogP contribution in [0.15, 0.2) is 41.1 Å². The van der Waals surface area contributed by atoms with E-state index >= 15 is 0 Å². The van der Waals surface area contributed by atoms with Crippen LogP contribution in [0.5, 0.6) is 11.5 Å². The van der Waals surface area contributed by atoms with Crippen LogP contribution in [0.4, 0.5) is 5.69 Å². The number of hydrogen-bond donors (Lipinski definition) is 1. The third-order valence-corrected chi connectivity index (χ3v) is 6.05. The number of nitrogens with one attached hydrogen (secondary N) is 1. The molecule has 2 heterocycles. The molecule has 10 heteroatoms. The van der Waals surface area contributed by atoms with Crippen molar-refractivity contribution in [2.24, 2.45) is 0 Å². The zero-order chi connectivity index (χ0) is 19.9. The maximum atomic E-state index is 12.4. The maximum absolute atomic E-state index is 12.4. The Hall–Kier alpha value is -2.23. The van der Waals surface area contributed by atoms with Gasteiger partial charge in [0.25, 0.3) is 0 Å². The fraction of sp³-hybridized carbons (Fsp3) is 0.278. The van der Waals surface area contributed by atoms with Crippen LogP contribution in [0, 0.1) is 0 Å². The highest BCUT2D eigenvalue weighted by molar-refractivity contribution is 7.99. The Morgan fingerprint density at radius 1 is 1.32 bits per heavy atom. The number of amides is 1. The smallest absolute Gasteiger partial charge is 0.234 e. The largest absolute Gasteiger partial charge is 0.495 e. The van der Waals surface area contributed by atoms with Gasteiger partial charge in [0.15, 0.2) is 5.16 Å². The molecule has 0 spiro atoms. The van der Waals surface area contributed by atoms with Gasteiger partial charge in [0.2, 0.25) is 5.91 Å². The summed E-state index contributed by atoms with van der Waals surface area (Å²) in [4.78, 5) is 13.7. The number of carbonyl (C=O) groups excluding carboxylic acids is 1. The first-order valence-corrected chi connectivity index (χ1v) is 10.6. The molecule has 28 heavy (non-hydrogen) atoms. The highest BCUT2D eigenvalue weighted by Crippen LogP contribution is 2.36. The van der Waals surface area contributed by atoms with E-state index in [1.807, 2.05) is 10.6 Å². The molecule has 0 saturated carbocycles. The predicted molar refractivity (Wildman–Crippen MR) is 112 cm³/mol. The van der Waals surface area contributed by atoms with E-state index in [0.29, 0.717) is 27.4 Å². The normalized spacial score (nSPS) is 10.7. The first kappa shape index (κ1) is 20.5. The highest BCUT2D eigenvalue weighted by atomic mass is 35.5. The molecule has 0 unspecified atom stereocenters. The minimum absolute atomic E-state index is 0.185. The van der Waals surface area contributed by atoms with E-state index in [9.17, 15) is 4.79 Å². The molecule has 1 amide bonds. The van der Waals surface area contributed by atoms with Gasteiger partial charge in [-0.3, -0.25) is 4.79 Å². The quantitative estimate of drug-likeness (QED) is 0.509. The lowest BCUT2D eigenvalue weighted by atomic mass is 10.2. The molecule has 7 nitrogen and oxygen atoms in total. The van der Waals surface area contributed by atoms with E-state index in [-0.39, 0.29) is 11.7 Å². The third-order valence-electron chi connectivity index (χ3n) is 3.84. The molecule has 0 fully saturated rings. The van der Waals surface area contributed by atoms with Crippen LogP contribution in [-0.4, -0.2) is 40.6 Å². The van der Waals surface area contributed by atoms with E-state index in [1.165, 1.54) is 30.9 Å². The fourth-order valence-corrected chi connectivity index (χ4v) is 4.15. The minimum atomic E-state index is -0.197. The van der Waals surface area contributed by atoms with Gasteiger partial charge >= 0.3 is 0 Å². The molecule has 0 aliphatic carbocycles. The Labute approximate surface area is 176 Å². The second kappa shape index (κ2) is 9.81. The van der Waals surface area contributed by atoms with Gasteiger partial charge in [0, 0.05) is 17.5 Å². The second-order valence-electron chi connectivity index (χ2n) is 5.66. The summed E-state index contributed by atoms with van der Waals surface area (Å²) in [6, 6.07) is 7.37. The van der Waals surface area contributed by atoms with Gasteiger partial charge in [-0.15, -0.1) is 21.5 Å². The molecule has 0 radical (unpaired) electrons. The maximum Gasteiger partial charge on any atom is 0.234 e. The van der Waals surface area contributed by atoms with E-state index < -0.39 is 0 Å². The SMILES string of the molecule is COc1cc(OC)c(NC(=O)CSc2nncn2CCc2cccs2)cc1Cl. The molecule has 0 aliphatic rings. The van der Waals surface area contributed by atoms with Crippen molar-refractivity contribution in [1.82, 2.24) is 14.8 Å². The lowest BCUT2D eigenvalue weighted by Gasteiger charge is -2.13. The molecule has 1 N–H and O–H groups in total. The minimum Gasteiger partial charge on any atom is -0.495 e. The number of hydrogen-bond acceptors (Lipinski definition) is 7. The summed E-state index contributed by atoms with van der Waals surface area (Å²) in [6.07, 6.45) is 2.58. The van der Waals surface area contributed by atoms with Crippen molar-refractivity contribution in [3.05, 3.63) is 45.9 Å². The first-order valence-electron chi connectivity index (χ1n) is 8.35. The van der Waals surface area contributed by atoms with Crippen molar-refractivity contribution in [1.29, 1.82) is 0 Å². The Morgan fingerprint density at radius 2 is 2.14 bits per heavy atom. The number of methoxy groups -OCH3 is 2. The Morgan fingerprint density at radius 3 is 2.86 bits per heavy atom. The van der Waals surface area contributed by atoms with E-state index in [4.69, 9.17) is 21.1 Å². The van der Waals surface area contributed by atoms with Gasteiger partial charge in [-0.25, -0.2) is 0 Å². The van der Waals surface area contributed by atoms with Crippen molar-refractivity contribution < 1.29 is 14.3 Å². The third kappa shape index (κ3) is 5.18. The summed E-state index contributed by atoms with van der Waals surface area (Å²) >= 11 is 9.19. The molecule has 0 bridgehead atoms. The number of halogens is 1. The van der Waals surface area contributed by atoms with Gasteiger partial charge in [-0.1, -0.05) is 29.4 Å². The lowest BCUT2D eigenvalue weighted by molar-refractivity contribution is -0.113. The standard InChI is InChI=1S/C18H19ClN4O3S2/c1-25-15-9-16(26-2)14(8-13(15)19)21-17(24)10-28-18-22-20-11-23(18)6-5-12-4-3-7-27-12/h3-4,7-9,11H,5-6,10H2,1-2H3,(H,21,24). The highest BCUT2D eigenvalue weighted by Gasteiger charge is 2.14. The summed E-state index contributed by atoms with van der Waals surface area (Å²) in [5, 5.41) is 14.0. The summed E-state index contributed by atoms with van der Waals surface area (Å²) in [5.41, 5.74) is 0.484. The number of rotatable bonds is 9. The number of ether oxygens (including phenoxy) is 2. The number of benzene rings is 1. The number of nitrogens with zero attached hydrogens (tertiary/aromatic N) is 3. The number of thiophene rings is 1. The van der Waals surface area contributed by atoms with Crippen molar-refractivity contribution in [2.75, 3.05) is 25.3 Å². The zero-order valence-electron chi connectivity index (χ0n) is 15.3. The summed E-state index contributed by atoms with van der Waals surface area (Å²) in [6.45, 7) is 0.763. The molecule has 2 aromatic heterocycles. The van der Waals surface area contributed by atoms with Crippen LogP contribution in [0.25, 0.3) is 0 Å². The summed E-state index contributed by atoms with van der Waals surface area (Å²) in [7, 11) is 3.04. The van der Waals surface area contributed by atoms with E-state index in [2.05, 4.69) is 27.0 Å². The lowest BCUT2D eigenvalue weighted by Crippen LogP contribution is -2.15. The summed E-state index contributed by atoms with van der Waals surface area (Å²) < 4.78 is 12.4. The Kier molecular flexibility index (Phi) is 7.18. The molecule has 0 atom stereocenters. The Balaban J connectivity index is 1.58. The van der Waals surface area contributed by atoms with E-state index in [1.54, 1.807) is 29.8 Å². The van der Waals surface area contributed by atoms with Gasteiger partial charge in [-0.05, 0) is 23.9 Å². The molecule has 148 valence electrons. The average Bonchev–Trinajstić information content (AvgIpc) is 3.36. The van der Waals surface area contributed by atoms with Crippen LogP contribution < -0.4 is 14.8 Å². The van der Waals surface area contributed by atoms with Gasteiger partial charge in [-0.2, -0.15) is 0 Å². The summed E-state index contributed by atoms with van der Waals surface area (Å²) in [5.74, 6) is 0.936. The van der Waals surface area contributed by atoms with Crippen LogP contribution in [0.2, 0.25) is 5.02 Å². The predicted octanol–water partition coefficient (Wildman–Crippen LogP) is 3.98. The monoisotopic (exact) mass is 438 g/mol. The molecule has 0 saturated heterocycles. The van der Waals surface area contributed by atoms with Crippen molar-refractivity contribution in [3.63, 3.8) is 0 Å². The number of anilines is 1. The number of thioether (sulfide) groups is 1. The molecule has 1 aromatic carbocycles. The van der Waals surface area contributed by atoms with Crippen molar-refractivity contribution >= 4 is 46.3 Å². The number of aromatic nitrogens is 3. The van der Waals surface area contributed by atoms with E-state index in [0.717, 1.165) is 13.0 Å². The second-order valence-corrected chi connectivity index (χ2v) is 8.04. The van der Waals surface area contributed by atoms with Crippen LogP contribution in [-0.2, 0) is 17.8 Å². The van der Waals surface area contributed by atoms with Crippen LogP contribution >= 0.6 is 34.7 Å². The number of aryl methyl sites for hydroxylation is 2. The van der Waals surface area contributed by atoms with Crippen molar-refractivity contribution in [2.45, 2.75) is 18.1 Å². The van der Waals surface area contributed by atoms with Gasteiger partial charge in [0.05, 0.1) is 30.7 Å². The molecule has 3 aromatic rings. The van der Waals surface area contributed by atoms with Gasteiger partial charge < -0.3 is 19.4 Å².